The summed E-state index contributed by atoms with van der Waals surface area (Å²) >= 11 is 0. The summed E-state index contributed by atoms with van der Waals surface area (Å²) in [6, 6.07) is 1.19. The highest BCUT2D eigenvalue weighted by Gasteiger charge is 2.55. The van der Waals surface area contributed by atoms with Crippen LogP contribution in [0.1, 0.15) is 13.3 Å². The zero-order valence-corrected chi connectivity index (χ0v) is 8.09. The molecule has 1 unspecified atom stereocenters. The minimum atomic E-state index is -5.05. The van der Waals surface area contributed by atoms with Gasteiger partial charge in [0.2, 0.25) is 11.6 Å². The lowest BCUT2D eigenvalue weighted by Crippen LogP contribution is -2.62. The highest BCUT2D eigenvalue weighted by atomic mass is 19.4. The molecule has 0 saturated heterocycles. The summed E-state index contributed by atoms with van der Waals surface area (Å²) in [4.78, 5) is 10.7. The van der Waals surface area contributed by atoms with Gasteiger partial charge in [-0.25, -0.2) is 0 Å². The maximum absolute atomic E-state index is 12.3. The molecule has 0 aliphatic heterocycles. The van der Waals surface area contributed by atoms with Crippen molar-refractivity contribution in [3.05, 3.63) is 0 Å². The molecule has 0 saturated carbocycles. The van der Waals surface area contributed by atoms with Gasteiger partial charge in [0.1, 0.15) is 0 Å². The minimum Gasteiger partial charge on any atom is -0.366 e. The fourth-order valence-electron chi connectivity index (χ4n) is 0.674. The van der Waals surface area contributed by atoms with Crippen LogP contribution in [-0.2, 0) is 4.79 Å². The molecule has 0 aromatic carbocycles. The van der Waals surface area contributed by atoms with E-state index in [1.54, 1.807) is 0 Å². The van der Waals surface area contributed by atoms with E-state index in [4.69, 9.17) is 10.4 Å². The second kappa shape index (κ2) is 4.46. The molecule has 2 N–H and O–H groups in total. The lowest BCUT2D eigenvalue weighted by Gasteiger charge is -2.32. The van der Waals surface area contributed by atoms with Crippen LogP contribution in [0.25, 0.3) is 0 Å². The van der Waals surface area contributed by atoms with Crippen molar-refractivity contribution in [2.24, 2.45) is 0 Å². The Hall–Kier alpha value is -1.33. The number of aliphatic hydroxyl groups is 1. The number of carbonyl (C=O) groups excluding carboxylic acids is 1. The molecule has 8 heteroatoms. The Kier molecular flexibility index (Phi) is 4.06. The Bertz CT molecular complexity index is 286. The van der Waals surface area contributed by atoms with Crippen molar-refractivity contribution in [1.29, 1.82) is 5.26 Å². The van der Waals surface area contributed by atoms with Crippen molar-refractivity contribution < 1.29 is 23.1 Å². The predicted octanol–water partition coefficient (Wildman–Crippen LogP) is 0.134. The molecule has 1 atom stereocenters. The van der Waals surface area contributed by atoms with E-state index in [-0.39, 0.29) is 0 Å². The van der Waals surface area contributed by atoms with Crippen molar-refractivity contribution in [2.45, 2.75) is 25.2 Å². The Morgan fingerprint density at radius 1 is 1.60 bits per heavy atom. The molecule has 0 aromatic rings. The molecule has 0 fully saturated rings. The van der Waals surface area contributed by atoms with E-state index in [9.17, 15) is 18.0 Å². The van der Waals surface area contributed by atoms with Crippen LogP contribution >= 0.6 is 0 Å². The average molecular weight is 225 g/mol. The Balaban J connectivity index is 4.83. The third-order valence-corrected chi connectivity index (χ3v) is 1.63. The van der Waals surface area contributed by atoms with Crippen molar-refractivity contribution in [2.75, 3.05) is 7.05 Å². The van der Waals surface area contributed by atoms with Gasteiger partial charge in [-0.3, -0.25) is 9.80 Å². The maximum Gasteiger partial charge on any atom is 0.433 e. The van der Waals surface area contributed by atoms with Crippen LogP contribution in [0.5, 0.6) is 0 Å². The molecule has 0 spiro atoms. The summed E-state index contributed by atoms with van der Waals surface area (Å²) in [6.45, 7) is 1.01. The second-order valence-corrected chi connectivity index (χ2v) is 2.88. The topological polar surface area (TPSA) is 76.4 Å². The number of alkyl halides is 3. The van der Waals surface area contributed by atoms with Gasteiger partial charge in [0.05, 0.1) is 12.5 Å². The van der Waals surface area contributed by atoms with Crippen LogP contribution in [0.15, 0.2) is 0 Å². The van der Waals surface area contributed by atoms with E-state index in [2.05, 4.69) is 0 Å². The van der Waals surface area contributed by atoms with Crippen LogP contribution < -0.4 is 5.43 Å². The van der Waals surface area contributed by atoms with Crippen molar-refractivity contribution in [1.82, 2.24) is 10.4 Å². The molecule has 1 amide bonds. The van der Waals surface area contributed by atoms with Gasteiger partial charge in [0, 0.05) is 14.0 Å². The number of nitrogens with zero attached hydrogens (tertiary/aromatic N) is 2. The van der Waals surface area contributed by atoms with Crippen LogP contribution in [-0.4, -0.2) is 35.0 Å². The number of hydrogen-bond donors (Lipinski definition) is 2. The lowest BCUT2D eigenvalue weighted by atomic mass is 10.1. The first-order valence-corrected chi connectivity index (χ1v) is 3.82. The molecule has 0 aliphatic carbocycles. The molecule has 0 radical (unpaired) electrons. The predicted molar refractivity (Wildman–Crippen MR) is 42.8 cm³/mol. The summed E-state index contributed by atoms with van der Waals surface area (Å²) in [5.74, 6) is -0.726. The van der Waals surface area contributed by atoms with Gasteiger partial charge in [0.15, 0.2) is 0 Å². The van der Waals surface area contributed by atoms with Crippen LogP contribution in [0.4, 0.5) is 13.2 Å². The fourth-order valence-corrected chi connectivity index (χ4v) is 0.674. The number of hydrazine groups is 1. The first-order valence-electron chi connectivity index (χ1n) is 3.82. The summed E-state index contributed by atoms with van der Waals surface area (Å²) in [5.41, 5.74) is -1.89. The number of rotatable bonds is 3. The van der Waals surface area contributed by atoms with Gasteiger partial charge in [-0.15, -0.1) is 0 Å². The molecule has 0 rings (SSSR count). The highest BCUT2D eigenvalue weighted by Crippen LogP contribution is 2.30. The van der Waals surface area contributed by atoms with E-state index in [0.29, 0.717) is 5.01 Å². The number of halogens is 3. The summed E-state index contributed by atoms with van der Waals surface area (Å²) < 4.78 is 36.9. The molecule has 5 nitrogen and oxygen atoms in total. The second-order valence-electron chi connectivity index (χ2n) is 2.88. The molecule has 15 heavy (non-hydrogen) atoms. The molecule has 0 bridgehead atoms. The van der Waals surface area contributed by atoms with E-state index in [1.807, 2.05) is 0 Å². The monoisotopic (exact) mass is 225 g/mol. The zero-order valence-electron chi connectivity index (χ0n) is 8.09. The average Bonchev–Trinajstić information content (AvgIpc) is 2.02. The molecule has 0 aromatic heterocycles. The highest BCUT2D eigenvalue weighted by molar-refractivity contribution is 5.72. The van der Waals surface area contributed by atoms with Gasteiger partial charge in [0.25, 0.3) is 0 Å². The van der Waals surface area contributed by atoms with Crippen LogP contribution in [0.2, 0.25) is 0 Å². The Morgan fingerprint density at radius 2 is 2.07 bits per heavy atom. The van der Waals surface area contributed by atoms with Crippen molar-refractivity contribution in [3.63, 3.8) is 0 Å². The van der Waals surface area contributed by atoms with Gasteiger partial charge in [-0.05, 0) is 0 Å². The molecule has 86 valence electrons. The number of nitriles is 1. The van der Waals surface area contributed by atoms with Gasteiger partial charge in [-0.1, -0.05) is 0 Å². The van der Waals surface area contributed by atoms with Gasteiger partial charge < -0.3 is 5.11 Å². The molecule has 0 aliphatic rings. The van der Waals surface area contributed by atoms with E-state index in [1.165, 1.54) is 11.5 Å². The Morgan fingerprint density at radius 3 is 2.33 bits per heavy atom. The van der Waals surface area contributed by atoms with Crippen LogP contribution in [0.3, 0.4) is 0 Å². The third kappa shape index (κ3) is 3.38. The van der Waals surface area contributed by atoms with Crippen molar-refractivity contribution >= 4 is 5.91 Å². The molecular formula is C7H10F3N3O2. The normalized spacial score (nSPS) is 15.3. The number of nitrogens with one attached hydrogen (secondary N) is 1. The van der Waals surface area contributed by atoms with E-state index >= 15 is 0 Å². The summed E-state index contributed by atoms with van der Waals surface area (Å²) in [7, 11) is 1.01. The first-order chi connectivity index (χ1) is 6.64. The summed E-state index contributed by atoms with van der Waals surface area (Å²) in [6.07, 6.45) is -6.26. The van der Waals surface area contributed by atoms with E-state index in [0.717, 1.165) is 14.0 Å². The number of carbonyl (C=O) groups is 1. The SMILES string of the molecule is CC(=O)N(C)NC(O)(CC#N)C(F)(F)F. The van der Waals surface area contributed by atoms with Crippen LogP contribution in [0, 0.1) is 11.3 Å². The smallest absolute Gasteiger partial charge is 0.366 e. The first kappa shape index (κ1) is 13.7. The van der Waals surface area contributed by atoms with Gasteiger partial charge >= 0.3 is 6.18 Å². The largest absolute Gasteiger partial charge is 0.433 e. The third-order valence-electron chi connectivity index (χ3n) is 1.63. The summed E-state index contributed by atoms with van der Waals surface area (Å²) in [5, 5.41) is 17.7. The van der Waals surface area contributed by atoms with Crippen molar-refractivity contribution in [3.8, 4) is 6.07 Å². The lowest BCUT2D eigenvalue weighted by molar-refractivity contribution is -0.284. The van der Waals surface area contributed by atoms with Gasteiger partial charge in [-0.2, -0.15) is 23.9 Å². The zero-order chi connectivity index (χ0) is 12.3. The standard InChI is InChI=1S/C7H10F3N3O2/c1-5(14)13(2)12-6(15,3-4-11)7(8,9)10/h12,15H,3H2,1-2H3. The fraction of sp³-hybridized carbons (Fsp3) is 0.714. The quantitative estimate of drug-likeness (QED) is 0.529. The molecule has 0 heterocycles. The number of amides is 1. The van der Waals surface area contributed by atoms with E-state index < -0.39 is 24.2 Å². The maximum atomic E-state index is 12.3. The minimum absolute atomic E-state index is 0.463. The number of hydrogen-bond acceptors (Lipinski definition) is 4. The Labute approximate surface area is 84.1 Å². The molecular weight excluding hydrogens is 215 g/mol.